The van der Waals surface area contributed by atoms with Crippen molar-refractivity contribution in [1.29, 1.82) is 0 Å². The maximum absolute atomic E-state index is 9.12. The first-order valence-corrected chi connectivity index (χ1v) is 5.31. The monoisotopic (exact) mass is 208 g/mol. The molecule has 0 spiro atoms. The lowest BCUT2D eigenvalue weighted by Gasteiger charge is -2.20. The Morgan fingerprint density at radius 1 is 1.33 bits per heavy atom. The molecule has 0 bridgehead atoms. The summed E-state index contributed by atoms with van der Waals surface area (Å²) in [5.74, 6) is 0.823. The molecule has 0 fully saturated rings. The number of aliphatic hydroxyl groups is 1. The molecule has 1 atom stereocenters. The van der Waals surface area contributed by atoms with Crippen LogP contribution in [-0.2, 0) is 5.41 Å². The van der Waals surface area contributed by atoms with Crippen LogP contribution < -0.4 is 4.74 Å². The van der Waals surface area contributed by atoms with Gasteiger partial charge in [0, 0.05) is 0 Å². The average Bonchev–Trinajstić information content (AvgIpc) is 2.14. The highest BCUT2D eigenvalue weighted by Crippen LogP contribution is 2.25. The highest BCUT2D eigenvalue weighted by atomic mass is 16.5. The van der Waals surface area contributed by atoms with Gasteiger partial charge in [-0.25, -0.2) is 0 Å². The second-order valence-corrected chi connectivity index (χ2v) is 4.94. The van der Waals surface area contributed by atoms with Crippen LogP contribution in [-0.4, -0.2) is 17.8 Å². The van der Waals surface area contributed by atoms with Gasteiger partial charge in [0.05, 0.1) is 6.10 Å². The Morgan fingerprint density at radius 3 is 2.53 bits per heavy atom. The summed E-state index contributed by atoms with van der Waals surface area (Å²) < 4.78 is 5.45. The fourth-order valence-corrected chi connectivity index (χ4v) is 1.27. The number of ether oxygens (including phenoxy) is 1. The molecular weight excluding hydrogens is 188 g/mol. The fraction of sp³-hybridized carbons (Fsp3) is 0.538. The predicted molar refractivity (Wildman–Crippen MR) is 62.3 cm³/mol. The molecule has 0 amide bonds. The van der Waals surface area contributed by atoms with Crippen molar-refractivity contribution in [3.8, 4) is 5.75 Å². The van der Waals surface area contributed by atoms with E-state index in [-0.39, 0.29) is 5.41 Å². The molecular formula is C13H20O2. The molecule has 1 aromatic rings. The van der Waals surface area contributed by atoms with Crippen molar-refractivity contribution < 1.29 is 9.84 Å². The highest BCUT2D eigenvalue weighted by molar-refractivity contribution is 5.32. The summed E-state index contributed by atoms with van der Waals surface area (Å²) in [6.07, 6.45) is -0.428. The van der Waals surface area contributed by atoms with Gasteiger partial charge in [-0.2, -0.15) is 0 Å². The summed E-state index contributed by atoms with van der Waals surface area (Å²) in [5.41, 5.74) is 1.37. The van der Waals surface area contributed by atoms with Crippen molar-refractivity contribution >= 4 is 0 Å². The molecule has 0 aliphatic rings. The molecule has 0 aliphatic heterocycles. The Hall–Kier alpha value is -1.02. The number of rotatable bonds is 3. The minimum atomic E-state index is -0.428. The zero-order valence-corrected chi connectivity index (χ0v) is 9.95. The summed E-state index contributed by atoms with van der Waals surface area (Å²) >= 11 is 0. The van der Waals surface area contributed by atoms with Crippen molar-refractivity contribution in [2.24, 2.45) is 0 Å². The zero-order valence-electron chi connectivity index (χ0n) is 9.95. The molecule has 0 radical (unpaired) electrons. The lowest BCUT2D eigenvalue weighted by Crippen LogP contribution is -2.14. The minimum Gasteiger partial charge on any atom is -0.491 e. The van der Waals surface area contributed by atoms with E-state index in [0.717, 1.165) is 5.75 Å². The molecule has 1 aromatic carbocycles. The quantitative estimate of drug-likeness (QED) is 0.827. The maximum atomic E-state index is 9.12. The van der Waals surface area contributed by atoms with Gasteiger partial charge in [-0.1, -0.05) is 32.9 Å². The van der Waals surface area contributed by atoms with Gasteiger partial charge in [0.15, 0.2) is 0 Å². The van der Waals surface area contributed by atoms with Crippen LogP contribution in [0.25, 0.3) is 0 Å². The molecule has 2 nitrogen and oxygen atoms in total. The van der Waals surface area contributed by atoms with Crippen LogP contribution in [0.5, 0.6) is 5.75 Å². The Morgan fingerprint density at radius 2 is 2.00 bits per heavy atom. The Balaban J connectivity index is 2.75. The second kappa shape index (κ2) is 4.67. The predicted octanol–water partition coefficient (Wildman–Crippen LogP) is 2.74. The van der Waals surface area contributed by atoms with Crippen LogP contribution in [0.15, 0.2) is 24.3 Å². The first kappa shape index (κ1) is 12.1. The van der Waals surface area contributed by atoms with E-state index in [2.05, 4.69) is 26.8 Å². The Labute approximate surface area is 91.9 Å². The van der Waals surface area contributed by atoms with Crippen LogP contribution in [0.2, 0.25) is 0 Å². The van der Waals surface area contributed by atoms with Crippen LogP contribution in [0.3, 0.4) is 0 Å². The standard InChI is InChI=1S/C13H20O2/c1-10(14)9-15-12-7-5-6-11(8-12)13(2,3)4/h5-8,10,14H,9H2,1-4H3. The highest BCUT2D eigenvalue weighted by Gasteiger charge is 2.13. The molecule has 84 valence electrons. The summed E-state index contributed by atoms with van der Waals surface area (Å²) in [7, 11) is 0. The van der Waals surface area contributed by atoms with Gasteiger partial charge in [-0.3, -0.25) is 0 Å². The van der Waals surface area contributed by atoms with Gasteiger partial charge in [0.2, 0.25) is 0 Å². The molecule has 0 heterocycles. The third-order valence-corrected chi connectivity index (χ3v) is 2.19. The van der Waals surface area contributed by atoms with Gasteiger partial charge >= 0.3 is 0 Å². The first-order chi connectivity index (χ1) is 6.89. The molecule has 1 rings (SSSR count). The third kappa shape index (κ3) is 3.92. The Kier molecular flexibility index (Phi) is 3.75. The van der Waals surface area contributed by atoms with Crippen molar-refractivity contribution in [3.05, 3.63) is 29.8 Å². The summed E-state index contributed by atoms with van der Waals surface area (Å²) in [4.78, 5) is 0. The average molecular weight is 208 g/mol. The van der Waals surface area contributed by atoms with Crippen LogP contribution in [0.4, 0.5) is 0 Å². The SMILES string of the molecule is CC(O)COc1cccc(C(C)(C)C)c1. The van der Waals surface area contributed by atoms with Gasteiger partial charge in [-0.05, 0) is 30.0 Å². The van der Waals surface area contributed by atoms with Crippen molar-refractivity contribution in [3.63, 3.8) is 0 Å². The summed E-state index contributed by atoms with van der Waals surface area (Å²) in [5, 5.41) is 9.12. The molecule has 15 heavy (non-hydrogen) atoms. The number of hydrogen-bond acceptors (Lipinski definition) is 2. The van der Waals surface area contributed by atoms with E-state index in [1.807, 2.05) is 18.2 Å². The van der Waals surface area contributed by atoms with E-state index in [4.69, 9.17) is 9.84 Å². The lowest BCUT2D eigenvalue weighted by atomic mass is 9.87. The van der Waals surface area contributed by atoms with Crippen molar-refractivity contribution in [2.75, 3.05) is 6.61 Å². The van der Waals surface area contributed by atoms with Crippen LogP contribution in [0.1, 0.15) is 33.3 Å². The van der Waals surface area contributed by atoms with Crippen molar-refractivity contribution in [1.82, 2.24) is 0 Å². The third-order valence-electron chi connectivity index (χ3n) is 2.19. The van der Waals surface area contributed by atoms with E-state index in [0.29, 0.717) is 6.61 Å². The molecule has 2 heteroatoms. The van der Waals surface area contributed by atoms with E-state index < -0.39 is 6.10 Å². The fourth-order valence-electron chi connectivity index (χ4n) is 1.27. The molecule has 0 aromatic heterocycles. The van der Waals surface area contributed by atoms with Gasteiger partial charge in [0.25, 0.3) is 0 Å². The zero-order chi connectivity index (χ0) is 11.5. The number of hydrogen-bond donors (Lipinski definition) is 1. The first-order valence-electron chi connectivity index (χ1n) is 5.31. The van der Waals surface area contributed by atoms with Crippen LogP contribution in [0, 0.1) is 0 Å². The van der Waals surface area contributed by atoms with Crippen molar-refractivity contribution in [2.45, 2.75) is 39.2 Å². The minimum absolute atomic E-state index is 0.129. The van der Waals surface area contributed by atoms with E-state index in [1.54, 1.807) is 6.92 Å². The van der Waals surface area contributed by atoms with Gasteiger partial charge in [-0.15, -0.1) is 0 Å². The lowest BCUT2D eigenvalue weighted by molar-refractivity contribution is 0.122. The molecule has 1 N–H and O–H groups in total. The van der Waals surface area contributed by atoms with Crippen LogP contribution >= 0.6 is 0 Å². The van der Waals surface area contributed by atoms with E-state index in [9.17, 15) is 0 Å². The largest absolute Gasteiger partial charge is 0.491 e. The summed E-state index contributed by atoms with van der Waals surface area (Å²) in [6, 6.07) is 8.02. The van der Waals surface area contributed by atoms with E-state index in [1.165, 1.54) is 5.56 Å². The second-order valence-electron chi connectivity index (χ2n) is 4.94. The topological polar surface area (TPSA) is 29.5 Å². The number of benzene rings is 1. The maximum Gasteiger partial charge on any atom is 0.119 e. The van der Waals surface area contributed by atoms with E-state index >= 15 is 0 Å². The Bertz CT molecular complexity index is 311. The molecule has 0 saturated carbocycles. The normalized spacial score (nSPS) is 13.7. The molecule has 0 saturated heterocycles. The summed E-state index contributed by atoms with van der Waals surface area (Å²) in [6.45, 7) is 8.56. The number of aliphatic hydroxyl groups excluding tert-OH is 1. The smallest absolute Gasteiger partial charge is 0.119 e. The molecule has 0 aliphatic carbocycles. The van der Waals surface area contributed by atoms with Gasteiger partial charge < -0.3 is 9.84 Å². The van der Waals surface area contributed by atoms with Gasteiger partial charge in [0.1, 0.15) is 12.4 Å². The molecule has 1 unspecified atom stereocenters.